The molecule has 0 amide bonds. The Kier molecular flexibility index (Phi) is 2.82. The first-order chi connectivity index (χ1) is 8.77. The molecule has 0 aliphatic carbocycles. The average Bonchev–Trinajstić information content (AvgIpc) is 2.41. The summed E-state index contributed by atoms with van der Waals surface area (Å²) >= 11 is 0. The first-order valence-corrected chi connectivity index (χ1v) is 6.66. The maximum Gasteiger partial charge on any atom is 0.0465 e. The van der Waals surface area contributed by atoms with Crippen molar-refractivity contribution in [3.8, 4) is 0 Å². The van der Waals surface area contributed by atoms with Crippen LogP contribution in [0, 0.1) is 0 Å². The first kappa shape index (κ1) is 11.3. The summed E-state index contributed by atoms with van der Waals surface area (Å²) < 4.78 is 0. The number of nitrogens with two attached hydrogens (primary N) is 1. The summed E-state index contributed by atoms with van der Waals surface area (Å²) in [5, 5.41) is 2.28. The van der Waals surface area contributed by atoms with Crippen LogP contribution in [0.1, 0.15) is 26.2 Å². The van der Waals surface area contributed by atoms with Crippen molar-refractivity contribution >= 4 is 22.1 Å². The molecular formula is C15H19N3. The van der Waals surface area contributed by atoms with E-state index in [1.165, 1.54) is 30.3 Å². The Bertz CT molecular complexity index is 565. The Balaban J connectivity index is 2.14. The van der Waals surface area contributed by atoms with E-state index < -0.39 is 0 Å². The van der Waals surface area contributed by atoms with Gasteiger partial charge >= 0.3 is 0 Å². The number of nitrogen functional groups attached to an aromatic ring is 1. The molecule has 1 atom stereocenters. The third-order valence-electron chi connectivity index (χ3n) is 3.94. The molecule has 3 heteroatoms. The zero-order valence-corrected chi connectivity index (χ0v) is 10.8. The molecular weight excluding hydrogens is 222 g/mol. The topological polar surface area (TPSA) is 42.1 Å². The molecule has 94 valence electrons. The van der Waals surface area contributed by atoms with Crippen molar-refractivity contribution in [1.82, 2.24) is 4.98 Å². The smallest absolute Gasteiger partial charge is 0.0465 e. The van der Waals surface area contributed by atoms with Crippen LogP contribution in [-0.2, 0) is 0 Å². The minimum absolute atomic E-state index is 0.603. The molecule has 0 spiro atoms. The summed E-state index contributed by atoms with van der Waals surface area (Å²) in [6.07, 6.45) is 7.62. The number of nitrogens with zero attached hydrogens (tertiary/aromatic N) is 2. The van der Waals surface area contributed by atoms with Crippen molar-refractivity contribution in [3.63, 3.8) is 0 Å². The predicted molar refractivity (Wildman–Crippen MR) is 76.8 cm³/mol. The Labute approximate surface area is 108 Å². The number of benzene rings is 1. The van der Waals surface area contributed by atoms with Crippen LogP contribution >= 0.6 is 0 Å². The quantitative estimate of drug-likeness (QED) is 0.780. The average molecular weight is 241 g/mol. The lowest BCUT2D eigenvalue weighted by molar-refractivity contribution is 0.486. The zero-order chi connectivity index (χ0) is 12.5. The lowest BCUT2D eigenvalue weighted by Gasteiger charge is -2.36. The second-order valence-corrected chi connectivity index (χ2v) is 5.13. The largest absolute Gasteiger partial charge is 0.398 e. The Hall–Kier alpha value is -1.77. The molecule has 1 aliphatic heterocycles. The van der Waals surface area contributed by atoms with Crippen LogP contribution in [0.2, 0.25) is 0 Å². The SMILES string of the molecule is CC1CCCCN1c1ccc(N)c2ccncc12. The molecule has 2 aromatic rings. The number of rotatable bonds is 1. The van der Waals surface area contributed by atoms with Gasteiger partial charge in [0.15, 0.2) is 0 Å². The van der Waals surface area contributed by atoms with Gasteiger partial charge in [-0.15, -0.1) is 0 Å². The van der Waals surface area contributed by atoms with E-state index in [4.69, 9.17) is 5.73 Å². The third kappa shape index (κ3) is 1.80. The maximum atomic E-state index is 6.04. The fourth-order valence-electron chi connectivity index (χ4n) is 2.91. The van der Waals surface area contributed by atoms with Gasteiger partial charge in [0, 0.05) is 47.1 Å². The number of hydrogen-bond acceptors (Lipinski definition) is 3. The summed E-state index contributed by atoms with van der Waals surface area (Å²) in [5.74, 6) is 0. The van der Waals surface area contributed by atoms with Crippen molar-refractivity contribution in [2.75, 3.05) is 17.2 Å². The van der Waals surface area contributed by atoms with E-state index in [2.05, 4.69) is 22.9 Å². The van der Waals surface area contributed by atoms with Gasteiger partial charge in [-0.25, -0.2) is 0 Å². The van der Waals surface area contributed by atoms with Crippen molar-refractivity contribution in [3.05, 3.63) is 30.6 Å². The highest BCUT2D eigenvalue weighted by atomic mass is 15.2. The number of hydrogen-bond donors (Lipinski definition) is 1. The molecule has 2 N–H and O–H groups in total. The predicted octanol–water partition coefficient (Wildman–Crippen LogP) is 3.20. The summed E-state index contributed by atoms with van der Waals surface area (Å²) in [4.78, 5) is 6.75. The van der Waals surface area contributed by atoms with Crippen LogP contribution in [0.3, 0.4) is 0 Å². The Morgan fingerprint density at radius 2 is 2.11 bits per heavy atom. The van der Waals surface area contributed by atoms with Crippen LogP contribution < -0.4 is 10.6 Å². The van der Waals surface area contributed by atoms with Crippen molar-refractivity contribution in [2.24, 2.45) is 0 Å². The molecule has 1 unspecified atom stereocenters. The highest BCUT2D eigenvalue weighted by molar-refractivity contribution is 6.00. The van der Waals surface area contributed by atoms with Crippen molar-refractivity contribution in [1.29, 1.82) is 0 Å². The van der Waals surface area contributed by atoms with Gasteiger partial charge in [0.1, 0.15) is 0 Å². The minimum atomic E-state index is 0.603. The van der Waals surface area contributed by atoms with Gasteiger partial charge in [0.25, 0.3) is 0 Å². The molecule has 18 heavy (non-hydrogen) atoms. The second-order valence-electron chi connectivity index (χ2n) is 5.13. The van der Waals surface area contributed by atoms with Gasteiger partial charge in [-0.1, -0.05) is 0 Å². The maximum absolute atomic E-state index is 6.04. The highest BCUT2D eigenvalue weighted by Crippen LogP contribution is 2.33. The molecule has 3 rings (SSSR count). The van der Waals surface area contributed by atoms with E-state index in [0.717, 1.165) is 17.6 Å². The fraction of sp³-hybridized carbons (Fsp3) is 0.400. The normalized spacial score (nSPS) is 20.3. The zero-order valence-electron chi connectivity index (χ0n) is 10.8. The Morgan fingerprint density at radius 3 is 2.94 bits per heavy atom. The van der Waals surface area contributed by atoms with Crippen LogP contribution in [0.5, 0.6) is 0 Å². The van der Waals surface area contributed by atoms with E-state index in [0.29, 0.717) is 6.04 Å². The van der Waals surface area contributed by atoms with Crippen molar-refractivity contribution in [2.45, 2.75) is 32.2 Å². The second kappa shape index (κ2) is 4.48. The van der Waals surface area contributed by atoms with Gasteiger partial charge < -0.3 is 10.6 Å². The molecule has 1 aliphatic rings. The molecule has 1 aromatic carbocycles. The highest BCUT2D eigenvalue weighted by Gasteiger charge is 2.20. The van der Waals surface area contributed by atoms with Crippen LogP contribution in [0.25, 0.3) is 10.8 Å². The molecule has 3 nitrogen and oxygen atoms in total. The molecule has 1 saturated heterocycles. The van der Waals surface area contributed by atoms with Crippen LogP contribution in [0.15, 0.2) is 30.6 Å². The molecule has 2 heterocycles. The fourth-order valence-corrected chi connectivity index (χ4v) is 2.91. The summed E-state index contributed by atoms with van der Waals surface area (Å²) in [6.45, 7) is 3.44. The van der Waals surface area contributed by atoms with E-state index in [1.807, 2.05) is 24.5 Å². The monoisotopic (exact) mass is 241 g/mol. The summed E-state index contributed by atoms with van der Waals surface area (Å²) in [5.41, 5.74) is 8.15. The lowest BCUT2D eigenvalue weighted by Crippen LogP contribution is -2.37. The number of pyridine rings is 1. The van der Waals surface area contributed by atoms with Gasteiger partial charge in [0.2, 0.25) is 0 Å². The molecule has 0 bridgehead atoms. The first-order valence-electron chi connectivity index (χ1n) is 6.66. The van der Waals surface area contributed by atoms with E-state index >= 15 is 0 Å². The number of aromatic nitrogens is 1. The van der Waals surface area contributed by atoms with E-state index in [-0.39, 0.29) is 0 Å². The third-order valence-corrected chi connectivity index (χ3v) is 3.94. The standard InChI is InChI=1S/C15H19N3/c1-11-4-2-3-9-18(11)15-6-5-14(16)12-7-8-17-10-13(12)15/h5-8,10-11H,2-4,9,16H2,1H3. The van der Waals surface area contributed by atoms with Crippen LogP contribution in [-0.4, -0.2) is 17.6 Å². The summed E-state index contributed by atoms with van der Waals surface area (Å²) in [6, 6.07) is 6.76. The van der Waals surface area contributed by atoms with Gasteiger partial charge in [0.05, 0.1) is 0 Å². The van der Waals surface area contributed by atoms with E-state index in [9.17, 15) is 0 Å². The number of anilines is 2. The molecule has 1 fully saturated rings. The van der Waals surface area contributed by atoms with Crippen molar-refractivity contribution < 1.29 is 0 Å². The molecule has 1 aromatic heterocycles. The van der Waals surface area contributed by atoms with E-state index in [1.54, 1.807) is 0 Å². The van der Waals surface area contributed by atoms with Crippen LogP contribution in [0.4, 0.5) is 11.4 Å². The Morgan fingerprint density at radius 1 is 1.22 bits per heavy atom. The minimum Gasteiger partial charge on any atom is -0.398 e. The molecule has 0 saturated carbocycles. The lowest BCUT2D eigenvalue weighted by atomic mass is 10.0. The van der Waals surface area contributed by atoms with Gasteiger partial charge in [-0.05, 0) is 44.4 Å². The molecule has 0 radical (unpaired) electrons. The number of fused-ring (bicyclic) bond motifs is 1. The van der Waals surface area contributed by atoms with Gasteiger partial charge in [-0.2, -0.15) is 0 Å². The number of piperidine rings is 1. The summed E-state index contributed by atoms with van der Waals surface area (Å²) in [7, 11) is 0. The van der Waals surface area contributed by atoms with Gasteiger partial charge in [-0.3, -0.25) is 4.98 Å².